The van der Waals surface area contributed by atoms with Crippen LogP contribution in [0.5, 0.6) is 11.5 Å². The van der Waals surface area contributed by atoms with E-state index in [0.29, 0.717) is 11.3 Å². The lowest BCUT2D eigenvalue weighted by atomic mass is 10.1. The Morgan fingerprint density at radius 3 is 2.00 bits per heavy atom. The number of methoxy groups -OCH3 is 1. The molecule has 30 heavy (non-hydrogen) atoms. The highest BCUT2D eigenvalue weighted by Crippen LogP contribution is 2.33. The number of carbonyl (C=O) groups is 2. The van der Waals surface area contributed by atoms with E-state index in [4.69, 9.17) is 4.74 Å². The second kappa shape index (κ2) is 9.51. The van der Waals surface area contributed by atoms with Gasteiger partial charge >= 0.3 is 6.61 Å². The normalized spacial score (nSPS) is 10.4. The van der Waals surface area contributed by atoms with Gasteiger partial charge in [-0.05, 0) is 36.4 Å². The van der Waals surface area contributed by atoms with E-state index in [2.05, 4.69) is 15.4 Å². The highest BCUT2D eigenvalue weighted by atomic mass is 19.3. The summed E-state index contributed by atoms with van der Waals surface area (Å²) in [7, 11) is 1.28. The molecule has 0 aliphatic heterocycles. The lowest BCUT2D eigenvalue weighted by Crippen LogP contribution is -2.18. The van der Waals surface area contributed by atoms with Crippen molar-refractivity contribution in [1.29, 1.82) is 0 Å². The molecule has 0 fully saturated rings. The highest BCUT2D eigenvalue weighted by molar-refractivity contribution is 6.11. The van der Waals surface area contributed by atoms with Crippen LogP contribution in [0.15, 0.2) is 72.8 Å². The Hall–Kier alpha value is -3.94. The molecule has 0 aliphatic rings. The van der Waals surface area contributed by atoms with Gasteiger partial charge in [0.05, 0.1) is 24.0 Å². The molecule has 0 radical (unpaired) electrons. The van der Waals surface area contributed by atoms with Gasteiger partial charge in [0.25, 0.3) is 11.8 Å². The largest absolute Gasteiger partial charge is 0.493 e. The molecule has 8 heteroatoms. The van der Waals surface area contributed by atoms with Crippen LogP contribution in [0.3, 0.4) is 0 Å². The topological polar surface area (TPSA) is 76.7 Å². The summed E-state index contributed by atoms with van der Waals surface area (Å²) >= 11 is 0. The number of rotatable bonds is 7. The maximum Gasteiger partial charge on any atom is 0.387 e. The summed E-state index contributed by atoms with van der Waals surface area (Å²) in [5, 5.41) is 5.34. The lowest BCUT2D eigenvalue weighted by molar-refractivity contribution is -0.0515. The molecule has 3 aromatic carbocycles. The Morgan fingerprint density at radius 1 is 0.800 bits per heavy atom. The molecule has 0 saturated heterocycles. The van der Waals surface area contributed by atoms with E-state index in [-0.39, 0.29) is 28.7 Å². The number of alkyl halides is 2. The van der Waals surface area contributed by atoms with E-state index in [0.717, 1.165) is 0 Å². The van der Waals surface area contributed by atoms with Crippen LogP contribution in [-0.2, 0) is 0 Å². The molecule has 6 nitrogen and oxygen atoms in total. The summed E-state index contributed by atoms with van der Waals surface area (Å²) in [6.07, 6.45) is 0. The molecule has 154 valence electrons. The number of ether oxygens (including phenoxy) is 2. The van der Waals surface area contributed by atoms with Crippen LogP contribution in [0, 0.1) is 0 Å². The first kappa shape index (κ1) is 20.8. The fourth-order valence-corrected chi connectivity index (χ4v) is 2.74. The quantitative estimate of drug-likeness (QED) is 0.584. The van der Waals surface area contributed by atoms with Gasteiger partial charge in [0, 0.05) is 5.56 Å². The second-order valence-corrected chi connectivity index (χ2v) is 6.04. The van der Waals surface area contributed by atoms with Crippen molar-refractivity contribution in [2.45, 2.75) is 6.61 Å². The predicted molar refractivity (Wildman–Crippen MR) is 108 cm³/mol. The Balaban J connectivity index is 1.86. The molecule has 2 amide bonds. The third-order valence-electron chi connectivity index (χ3n) is 4.11. The van der Waals surface area contributed by atoms with Gasteiger partial charge in [-0.25, -0.2) is 0 Å². The monoisotopic (exact) mass is 412 g/mol. The summed E-state index contributed by atoms with van der Waals surface area (Å²) in [6.45, 7) is -3.13. The molecule has 3 aromatic rings. The van der Waals surface area contributed by atoms with E-state index in [1.54, 1.807) is 54.6 Å². The van der Waals surface area contributed by atoms with Crippen LogP contribution >= 0.6 is 0 Å². The van der Waals surface area contributed by atoms with Crippen molar-refractivity contribution in [1.82, 2.24) is 0 Å². The number of carbonyl (C=O) groups excluding carboxylic acids is 2. The maximum atomic E-state index is 12.8. The zero-order valence-corrected chi connectivity index (χ0v) is 15.9. The zero-order valence-electron chi connectivity index (χ0n) is 15.9. The average molecular weight is 412 g/mol. The molecule has 0 atom stereocenters. The fraction of sp³-hybridized carbons (Fsp3) is 0.0909. The van der Waals surface area contributed by atoms with Gasteiger partial charge in [0.1, 0.15) is 0 Å². The smallest absolute Gasteiger partial charge is 0.387 e. The summed E-state index contributed by atoms with van der Waals surface area (Å²) < 4.78 is 35.1. The van der Waals surface area contributed by atoms with Gasteiger partial charge in [-0.1, -0.05) is 36.4 Å². The first-order chi connectivity index (χ1) is 14.5. The summed E-state index contributed by atoms with van der Waals surface area (Å²) in [4.78, 5) is 25.2. The molecule has 0 aromatic heterocycles. The lowest BCUT2D eigenvalue weighted by Gasteiger charge is -2.16. The molecule has 0 saturated carbocycles. The minimum atomic E-state index is -3.13. The van der Waals surface area contributed by atoms with Crippen molar-refractivity contribution in [2.75, 3.05) is 17.7 Å². The Morgan fingerprint density at radius 2 is 1.40 bits per heavy atom. The van der Waals surface area contributed by atoms with E-state index in [1.165, 1.54) is 25.3 Å². The van der Waals surface area contributed by atoms with Crippen LogP contribution in [0.4, 0.5) is 20.2 Å². The summed E-state index contributed by atoms with van der Waals surface area (Å²) in [6, 6.07) is 19.3. The van der Waals surface area contributed by atoms with Crippen LogP contribution in [0.1, 0.15) is 20.7 Å². The molecule has 0 spiro atoms. The van der Waals surface area contributed by atoms with Gasteiger partial charge < -0.3 is 20.1 Å². The van der Waals surface area contributed by atoms with Gasteiger partial charge in [0.15, 0.2) is 11.5 Å². The minimum Gasteiger partial charge on any atom is -0.493 e. The molecule has 3 rings (SSSR count). The van der Waals surface area contributed by atoms with Crippen molar-refractivity contribution in [3.8, 4) is 11.5 Å². The maximum absolute atomic E-state index is 12.8. The Labute approximate surface area is 171 Å². The minimum absolute atomic E-state index is 0.00591. The van der Waals surface area contributed by atoms with Crippen molar-refractivity contribution in [3.63, 3.8) is 0 Å². The second-order valence-electron chi connectivity index (χ2n) is 6.04. The molecular formula is C22H18F2N2O4. The number of para-hydroxylation sites is 3. The molecule has 2 N–H and O–H groups in total. The number of amides is 2. The number of hydrogen-bond donors (Lipinski definition) is 2. The van der Waals surface area contributed by atoms with E-state index in [1.807, 2.05) is 0 Å². The molecular weight excluding hydrogens is 394 g/mol. The van der Waals surface area contributed by atoms with Crippen LogP contribution in [0.25, 0.3) is 0 Å². The SMILES string of the molecule is COc1cccc(C(=O)Nc2ccccc2NC(=O)c2ccccc2)c1OC(F)F. The van der Waals surface area contributed by atoms with Crippen LogP contribution in [0.2, 0.25) is 0 Å². The van der Waals surface area contributed by atoms with Crippen molar-refractivity contribution < 1.29 is 27.8 Å². The van der Waals surface area contributed by atoms with Crippen molar-refractivity contribution >= 4 is 23.2 Å². The standard InChI is InChI=1S/C22H18F2N2O4/c1-29-18-13-7-10-15(19(18)30-22(23)24)21(28)26-17-12-6-5-11-16(17)25-20(27)14-8-3-2-4-9-14/h2-13,22H,1H3,(H,25,27)(H,26,28). The van der Waals surface area contributed by atoms with E-state index in [9.17, 15) is 18.4 Å². The summed E-state index contributed by atoms with van der Waals surface area (Å²) in [5.74, 6) is -1.45. The molecule has 0 heterocycles. The number of nitrogens with one attached hydrogen (secondary N) is 2. The van der Waals surface area contributed by atoms with Gasteiger partial charge in [0.2, 0.25) is 0 Å². The van der Waals surface area contributed by atoms with Crippen molar-refractivity contribution in [3.05, 3.63) is 83.9 Å². The van der Waals surface area contributed by atoms with E-state index >= 15 is 0 Å². The third-order valence-corrected chi connectivity index (χ3v) is 4.11. The summed E-state index contributed by atoms with van der Waals surface area (Å²) in [5.41, 5.74) is 0.939. The van der Waals surface area contributed by atoms with Crippen LogP contribution in [-0.4, -0.2) is 25.5 Å². The number of halogens is 2. The Bertz CT molecular complexity index is 1040. The zero-order chi connectivity index (χ0) is 21.5. The van der Waals surface area contributed by atoms with E-state index < -0.39 is 12.5 Å². The highest BCUT2D eigenvalue weighted by Gasteiger charge is 2.21. The van der Waals surface area contributed by atoms with Gasteiger partial charge in [-0.3, -0.25) is 9.59 Å². The average Bonchev–Trinajstić information content (AvgIpc) is 2.75. The van der Waals surface area contributed by atoms with Gasteiger partial charge in [-0.2, -0.15) is 8.78 Å². The number of anilines is 2. The fourth-order valence-electron chi connectivity index (χ4n) is 2.74. The van der Waals surface area contributed by atoms with Crippen LogP contribution < -0.4 is 20.1 Å². The Kier molecular flexibility index (Phi) is 6.59. The molecule has 0 aliphatic carbocycles. The first-order valence-corrected chi connectivity index (χ1v) is 8.88. The molecule has 0 bridgehead atoms. The third kappa shape index (κ3) is 4.91. The van der Waals surface area contributed by atoms with Crippen molar-refractivity contribution in [2.24, 2.45) is 0 Å². The number of hydrogen-bond acceptors (Lipinski definition) is 4. The predicted octanol–water partition coefficient (Wildman–Crippen LogP) is 4.80. The first-order valence-electron chi connectivity index (χ1n) is 8.88. The molecule has 0 unspecified atom stereocenters. The van der Waals surface area contributed by atoms with Gasteiger partial charge in [-0.15, -0.1) is 0 Å². The number of benzene rings is 3.